The average Bonchev–Trinajstić information content (AvgIpc) is 2.30. The van der Waals surface area contributed by atoms with Crippen molar-refractivity contribution in [2.45, 2.75) is 12.4 Å². The summed E-state index contributed by atoms with van der Waals surface area (Å²) in [5, 5.41) is 14.2. The Balaban J connectivity index is -0.000000106. The summed E-state index contributed by atoms with van der Waals surface area (Å²) >= 11 is 0. The molecule has 0 atom stereocenters. The van der Waals surface area contributed by atoms with E-state index in [-0.39, 0.29) is 27.2 Å². The fourth-order valence-electron chi connectivity index (χ4n) is 0.313. The number of carbonyl (C=O) groups is 2. The summed E-state index contributed by atoms with van der Waals surface area (Å²) in [6.07, 6.45) is -6.67. The molecule has 0 amide bonds. The maximum Gasteiger partial charge on any atom is 0.490 e. The zero-order chi connectivity index (χ0) is 16.4. The first-order chi connectivity index (χ1) is 8.89. The number of aliphatic carboxylic acids is 2. The Morgan fingerprint density at radius 1 is 0.773 bits per heavy atom. The second-order valence-electron chi connectivity index (χ2n) is 2.63. The zero-order valence-electron chi connectivity index (χ0n) is 10.2. The molecule has 0 fully saturated rings. The van der Waals surface area contributed by atoms with Gasteiger partial charge in [0, 0.05) is 33.5 Å². The Morgan fingerprint density at radius 2 is 1.00 bits per heavy atom. The molecule has 0 aliphatic carbocycles. The summed E-state index contributed by atoms with van der Waals surface area (Å²) in [5.41, 5.74) is 0. The average molecular weight is 518 g/mol. The summed E-state index contributed by atoms with van der Waals surface area (Å²) < 4.78 is 63.5. The van der Waals surface area contributed by atoms with Crippen LogP contribution in [0.1, 0.15) is 0 Å². The molecule has 132 valence electrons. The first kappa shape index (κ1) is 28.5. The van der Waals surface area contributed by atoms with Gasteiger partial charge < -0.3 is 16.4 Å². The Hall–Kier alpha value is -1.68. The van der Waals surface area contributed by atoms with E-state index in [1.165, 1.54) is 0 Å². The minimum absolute atomic E-state index is 0. The quantitative estimate of drug-likeness (QED) is 0.512. The van der Waals surface area contributed by atoms with Gasteiger partial charge in [0.25, 0.3) is 0 Å². The normalized spacial score (nSPS) is 9.36. The number of hydrogen-bond acceptors (Lipinski definition) is 3. The Labute approximate surface area is 134 Å². The zero-order valence-corrected chi connectivity index (χ0v) is 12.5. The SMILES string of the molecule is O=C(O)C(F)(F)F.O=C(O)C(F)(F)F.[NH2-].[Pt].c1ccncc1. The van der Waals surface area contributed by atoms with E-state index in [0.717, 1.165) is 0 Å². The summed E-state index contributed by atoms with van der Waals surface area (Å²) in [4.78, 5) is 21.6. The van der Waals surface area contributed by atoms with Crippen LogP contribution < -0.4 is 0 Å². The molecule has 6 nitrogen and oxygen atoms in total. The predicted molar refractivity (Wildman–Crippen MR) is 56.9 cm³/mol. The molecule has 0 saturated heterocycles. The monoisotopic (exact) mass is 518 g/mol. The van der Waals surface area contributed by atoms with Gasteiger partial charge in [-0.25, -0.2) is 9.59 Å². The van der Waals surface area contributed by atoms with E-state index in [4.69, 9.17) is 19.8 Å². The molecule has 0 aliphatic heterocycles. The van der Waals surface area contributed by atoms with Crippen molar-refractivity contribution in [2.24, 2.45) is 0 Å². The van der Waals surface area contributed by atoms with Crippen LogP contribution in [0, 0.1) is 0 Å². The number of rotatable bonds is 0. The van der Waals surface area contributed by atoms with Crippen molar-refractivity contribution in [3.63, 3.8) is 0 Å². The van der Waals surface area contributed by atoms with Gasteiger partial charge in [0.1, 0.15) is 0 Å². The Kier molecular flexibility index (Phi) is 16.8. The van der Waals surface area contributed by atoms with Crippen molar-refractivity contribution in [3.8, 4) is 0 Å². The van der Waals surface area contributed by atoms with Crippen molar-refractivity contribution in [1.29, 1.82) is 0 Å². The number of halogens is 6. The van der Waals surface area contributed by atoms with E-state index >= 15 is 0 Å². The summed E-state index contributed by atoms with van der Waals surface area (Å²) in [6, 6.07) is 5.72. The van der Waals surface area contributed by atoms with Crippen LogP contribution in [0.15, 0.2) is 30.6 Å². The van der Waals surface area contributed by atoms with E-state index in [1.807, 2.05) is 18.2 Å². The third kappa shape index (κ3) is 20.6. The molecular weight excluding hydrogens is 509 g/mol. The molecule has 1 rings (SSSR count). The predicted octanol–water partition coefficient (Wildman–Crippen LogP) is 3.06. The van der Waals surface area contributed by atoms with Gasteiger partial charge in [0.05, 0.1) is 0 Å². The van der Waals surface area contributed by atoms with Crippen LogP contribution >= 0.6 is 0 Å². The number of pyridine rings is 1. The molecule has 1 aromatic heterocycles. The van der Waals surface area contributed by atoms with Crippen LogP contribution in [-0.4, -0.2) is 39.5 Å². The number of hydrogen-bond donors (Lipinski definition) is 2. The van der Waals surface area contributed by atoms with Gasteiger partial charge >= 0.3 is 24.3 Å². The standard InChI is InChI=1S/C5H5N.2C2HF3O2.H2N.Pt/c1-2-4-6-5-3-1;2*3-2(4,5)1(6)7;;/h1-5H;2*(H,6,7);1H2;/q;;;-1;. The molecule has 0 aromatic carbocycles. The van der Waals surface area contributed by atoms with Crippen LogP contribution in [0.5, 0.6) is 0 Å². The molecule has 0 radical (unpaired) electrons. The van der Waals surface area contributed by atoms with Gasteiger partial charge in [0.2, 0.25) is 0 Å². The number of aromatic nitrogens is 1. The van der Waals surface area contributed by atoms with E-state index in [9.17, 15) is 26.3 Å². The number of carboxylic acids is 2. The molecule has 1 aromatic rings. The summed E-state index contributed by atoms with van der Waals surface area (Å²) in [6.45, 7) is 0. The molecule has 0 aliphatic rings. The van der Waals surface area contributed by atoms with Gasteiger partial charge in [-0.05, 0) is 12.1 Å². The maximum absolute atomic E-state index is 10.6. The molecule has 22 heavy (non-hydrogen) atoms. The molecule has 1 heterocycles. The largest absolute Gasteiger partial charge is 0.693 e. The van der Waals surface area contributed by atoms with Gasteiger partial charge in [-0.1, -0.05) is 6.07 Å². The molecule has 13 heteroatoms. The van der Waals surface area contributed by atoms with E-state index < -0.39 is 24.3 Å². The van der Waals surface area contributed by atoms with Crippen molar-refractivity contribution in [1.82, 2.24) is 4.98 Å². The molecular formula is C9H9F6N2O4Pt-. The topological polar surface area (TPSA) is 121 Å². The molecule has 0 unspecified atom stereocenters. The van der Waals surface area contributed by atoms with Crippen molar-refractivity contribution in [3.05, 3.63) is 36.7 Å². The third-order valence-electron chi connectivity index (χ3n) is 1.05. The van der Waals surface area contributed by atoms with Crippen LogP contribution in [0.25, 0.3) is 6.15 Å². The summed E-state index contributed by atoms with van der Waals surface area (Å²) in [5.74, 6) is -5.51. The first-order valence-electron chi connectivity index (χ1n) is 4.34. The first-order valence-corrected chi connectivity index (χ1v) is 4.34. The number of alkyl halides is 6. The molecule has 0 spiro atoms. The number of carboxylic acid groups (broad SMARTS) is 2. The van der Waals surface area contributed by atoms with E-state index in [2.05, 4.69) is 4.98 Å². The fraction of sp³-hybridized carbons (Fsp3) is 0.222. The minimum atomic E-state index is -5.08. The Morgan fingerprint density at radius 3 is 1.05 bits per heavy atom. The second kappa shape index (κ2) is 13.0. The van der Waals surface area contributed by atoms with Gasteiger partial charge in [0.15, 0.2) is 0 Å². The second-order valence-corrected chi connectivity index (χ2v) is 2.63. The number of nitrogens with two attached hydrogens (primary N) is 1. The van der Waals surface area contributed by atoms with E-state index in [1.54, 1.807) is 12.4 Å². The van der Waals surface area contributed by atoms with Crippen molar-refractivity contribution in [2.75, 3.05) is 0 Å². The van der Waals surface area contributed by atoms with Gasteiger partial charge in [-0.3, -0.25) is 4.98 Å². The van der Waals surface area contributed by atoms with Crippen LogP contribution in [-0.2, 0) is 30.7 Å². The van der Waals surface area contributed by atoms with Crippen LogP contribution in [0.3, 0.4) is 0 Å². The van der Waals surface area contributed by atoms with Crippen LogP contribution in [0.2, 0.25) is 0 Å². The van der Waals surface area contributed by atoms with Crippen molar-refractivity contribution >= 4 is 11.9 Å². The summed E-state index contributed by atoms with van der Waals surface area (Å²) in [7, 11) is 0. The minimum Gasteiger partial charge on any atom is -0.693 e. The smallest absolute Gasteiger partial charge is 0.490 e. The van der Waals surface area contributed by atoms with Crippen LogP contribution in [0.4, 0.5) is 26.3 Å². The van der Waals surface area contributed by atoms with Gasteiger partial charge in [-0.15, -0.1) is 0 Å². The fourth-order valence-corrected chi connectivity index (χ4v) is 0.313. The van der Waals surface area contributed by atoms with Gasteiger partial charge in [-0.2, -0.15) is 26.3 Å². The van der Waals surface area contributed by atoms with E-state index in [0.29, 0.717) is 0 Å². The maximum atomic E-state index is 10.6. The third-order valence-corrected chi connectivity index (χ3v) is 1.05. The number of nitrogens with zero attached hydrogens (tertiary/aromatic N) is 1. The Bertz CT molecular complexity index is 362. The molecule has 0 saturated carbocycles. The molecule has 0 bridgehead atoms. The van der Waals surface area contributed by atoms with Crippen molar-refractivity contribution < 1.29 is 67.2 Å². The molecule has 4 N–H and O–H groups in total.